The number of carbonyl (C=O) groups excluding carboxylic acids is 1. The minimum absolute atomic E-state index is 0.0534. The summed E-state index contributed by atoms with van der Waals surface area (Å²) < 4.78 is 2.20. The molecule has 1 aromatic carbocycles. The number of ketones is 1. The summed E-state index contributed by atoms with van der Waals surface area (Å²) in [5, 5.41) is 0. The van der Waals surface area contributed by atoms with E-state index in [1.54, 1.807) is 6.08 Å². The number of rotatable bonds is 9. The van der Waals surface area contributed by atoms with E-state index in [0.717, 1.165) is 84.8 Å². The molecule has 0 atom stereocenters. The molecule has 0 amide bonds. The first kappa shape index (κ1) is 25.1. The Morgan fingerprint density at radius 3 is 2.37 bits per heavy atom. The lowest BCUT2D eigenvalue weighted by molar-refractivity contribution is 0.104. The molecule has 3 aromatic rings. The van der Waals surface area contributed by atoms with Crippen LogP contribution in [0.4, 0.5) is 0 Å². The van der Waals surface area contributed by atoms with Crippen LogP contribution < -0.4 is 0 Å². The van der Waals surface area contributed by atoms with Crippen molar-refractivity contribution in [3.8, 4) is 0 Å². The van der Waals surface area contributed by atoms with Crippen molar-refractivity contribution in [3.63, 3.8) is 0 Å². The molecule has 0 spiro atoms. The molecular formula is C29H39N5O. The highest BCUT2D eigenvalue weighted by Crippen LogP contribution is 2.21. The predicted molar refractivity (Wildman–Crippen MR) is 143 cm³/mol. The third kappa shape index (κ3) is 5.64. The fraction of sp³-hybridized carbons (Fsp3) is 0.483. The topological polar surface area (TPSA) is 54.3 Å². The van der Waals surface area contributed by atoms with Gasteiger partial charge < -0.3 is 14.4 Å². The summed E-state index contributed by atoms with van der Waals surface area (Å²) in [6.07, 6.45) is 6.87. The van der Waals surface area contributed by atoms with Gasteiger partial charge in [0, 0.05) is 49.1 Å². The molecule has 0 N–H and O–H groups in total. The molecule has 1 fully saturated rings. The Bertz CT molecular complexity index is 1180. The lowest BCUT2D eigenvalue weighted by Gasteiger charge is -2.37. The second kappa shape index (κ2) is 11.2. The fourth-order valence-corrected chi connectivity index (χ4v) is 5.25. The Kier molecular flexibility index (Phi) is 8.01. The number of pyridine rings is 1. The summed E-state index contributed by atoms with van der Waals surface area (Å²) in [7, 11) is 0. The maximum absolute atomic E-state index is 12.8. The van der Waals surface area contributed by atoms with E-state index < -0.39 is 0 Å². The summed E-state index contributed by atoms with van der Waals surface area (Å²) in [6, 6.07) is 10.7. The first-order valence-corrected chi connectivity index (χ1v) is 13.1. The molecule has 1 saturated heterocycles. The van der Waals surface area contributed by atoms with Gasteiger partial charge in [0.15, 0.2) is 11.4 Å². The van der Waals surface area contributed by atoms with E-state index in [9.17, 15) is 4.79 Å². The van der Waals surface area contributed by atoms with Crippen molar-refractivity contribution >= 4 is 16.9 Å². The summed E-state index contributed by atoms with van der Waals surface area (Å²) in [5.74, 6) is 1.09. The number of carbonyl (C=O) groups is 1. The van der Waals surface area contributed by atoms with Crippen molar-refractivity contribution in [1.29, 1.82) is 0 Å². The molecule has 6 heteroatoms. The molecule has 0 unspecified atom stereocenters. The number of fused-ring (bicyclic) bond motifs is 1. The molecule has 35 heavy (non-hydrogen) atoms. The van der Waals surface area contributed by atoms with E-state index >= 15 is 0 Å². The van der Waals surface area contributed by atoms with Gasteiger partial charge in [-0.3, -0.25) is 4.79 Å². The van der Waals surface area contributed by atoms with Crippen molar-refractivity contribution in [3.05, 3.63) is 70.8 Å². The largest absolute Gasteiger partial charge is 0.377 e. The summed E-state index contributed by atoms with van der Waals surface area (Å²) in [4.78, 5) is 27.2. The Hall–Kier alpha value is -2.99. The number of imidazole rings is 1. The second-order valence-corrected chi connectivity index (χ2v) is 9.59. The van der Waals surface area contributed by atoms with Crippen LogP contribution in [-0.2, 0) is 13.0 Å². The zero-order valence-corrected chi connectivity index (χ0v) is 21.9. The van der Waals surface area contributed by atoms with E-state index in [2.05, 4.69) is 48.1 Å². The number of likely N-dealkylation sites (tertiary alicyclic amines) is 1. The number of hydrogen-bond acceptors (Lipinski definition) is 5. The zero-order valence-electron chi connectivity index (χ0n) is 21.9. The van der Waals surface area contributed by atoms with Gasteiger partial charge in [0.2, 0.25) is 0 Å². The Morgan fingerprint density at radius 1 is 1.06 bits per heavy atom. The van der Waals surface area contributed by atoms with Crippen molar-refractivity contribution in [1.82, 2.24) is 24.3 Å². The monoisotopic (exact) mass is 473 g/mol. The van der Waals surface area contributed by atoms with Crippen LogP contribution in [-0.4, -0.2) is 62.3 Å². The number of allylic oxidation sites excluding steroid dienone is 1. The normalized spacial score (nSPS) is 15.1. The molecule has 2 aromatic heterocycles. The summed E-state index contributed by atoms with van der Waals surface area (Å²) in [6.45, 7) is 15.6. The van der Waals surface area contributed by atoms with Crippen LogP contribution in [0.15, 0.2) is 42.6 Å². The van der Waals surface area contributed by atoms with Crippen LogP contribution in [0.5, 0.6) is 0 Å². The molecule has 6 nitrogen and oxygen atoms in total. The van der Waals surface area contributed by atoms with Gasteiger partial charge in [0.25, 0.3) is 0 Å². The van der Waals surface area contributed by atoms with Gasteiger partial charge in [0.05, 0.1) is 6.54 Å². The summed E-state index contributed by atoms with van der Waals surface area (Å²) in [5.41, 5.74) is 5.94. The van der Waals surface area contributed by atoms with Crippen LogP contribution in [0.25, 0.3) is 11.2 Å². The Morgan fingerprint density at radius 2 is 1.74 bits per heavy atom. The Balaban J connectivity index is 1.40. The number of piperidine rings is 1. The first-order chi connectivity index (χ1) is 16.9. The van der Waals surface area contributed by atoms with Gasteiger partial charge in [0.1, 0.15) is 11.3 Å². The van der Waals surface area contributed by atoms with E-state index in [-0.39, 0.29) is 5.78 Å². The van der Waals surface area contributed by atoms with E-state index in [1.165, 1.54) is 0 Å². The number of hydrogen-bond donors (Lipinski definition) is 0. The van der Waals surface area contributed by atoms with Crippen molar-refractivity contribution in [2.45, 2.75) is 66.5 Å². The van der Waals surface area contributed by atoms with E-state index in [4.69, 9.17) is 9.97 Å². The average Bonchev–Trinajstić information content (AvgIpc) is 3.22. The van der Waals surface area contributed by atoms with Gasteiger partial charge in [-0.25, -0.2) is 9.97 Å². The minimum atomic E-state index is 0.0534. The van der Waals surface area contributed by atoms with E-state index in [1.807, 2.05) is 37.4 Å². The fourth-order valence-electron chi connectivity index (χ4n) is 5.25. The minimum Gasteiger partial charge on any atom is -0.377 e. The molecule has 0 radical (unpaired) electrons. The summed E-state index contributed by atoms with van der Waals surface area (Å²) >= 11 is 0. The third-order valence-corrected chi connectivity index (χ3v) is 7.26. The molecule has 0 saturated carbocycles. The van der Waals surface area contributed by atoms with Gasteiger partial charge in [-0.05, 0) is 57.0 Å². The molecular weight excluding hydrogens is 434 g/mol. The predicted octanol–water partition coefficient (Wildman–Crippen LogP) is 5.16. The van der Waals surface area contributed by atoms with Crippen LogP contribution >= 0.6 is 0 Å². The number of aryl methyl sites for hydroxylation is 3. The quantitative estimate of drug-likeness (QED) is 0.317. The van der Waals surface area contributed by atoms with Crippen molar-refractivity contribution in [2.24, 2.45) is 0 Å². The lowest BCUT2D eigenvalue weighted by atomic mass is 10.0. The second-order valence-electron chi connectivity index (χ2n) is 9.59. The van der Waals surface area contributed by atoms with Gasteiger partial charge in [-0.1, -0.05) is 45.0 Å². The highest BCUT2D eigenvalue weighted by molar-refractivity contribution is 6.04. The standard InChI is InChI=1S/C29H39N5O/c1-6-27-31-28-21(4)19-22(5)30-29(28)34(27)20-23-9-11-24(12-10-23)26(35)15-18-32-16-13-25(14-17-32)33(7-2)8-3/h9-12,15,18-19,25H,6-8,13-14,16-17,20H2,1-5H3/b18-15+. The lowest BCUT2D eigenvalue weighted by Crippen LogP contribution is -2.43. The molecule has 1 aliphatic heterocycles. The van der Waals surface area contributed by atoms with Crippen molar-refractivity contribution in [2.75, 3.05) is 26.2 Å². The SMILES string of the molecule is CCc1nc2c(C)cc(C)nc2n1Cc1ccc(C(=O)/C=C/N2CCC(N(CC)CC)CC2)cc1. The van der Waals surface area contributed by atoms with Gasteiger partial charge >= 0.3 is 0 Å². The van der Waals surface area contributed by atoms with Crippen LogP contribution in [0.1, 0.15) is 66.6 Å². The van der Waals surface area contributed by atoms with Gasteiger partial charge in [-0.15, -0.1) is 0 Å². The maximum Gasteiger partial charge on any atom is 0.187 e. The van der Waals surface area contributed by atoms with Crippen LogP contribution in [0.2, 0.25) is 0 Å². The number of aromatic nitrogens is 3. The molecule has 1 aliphatic rings. The first-order valence-electron chi connectivity index (χ1n) is 13.1. The highest BCUT2D eigenvalue weighted by Gasteiger charge is 2.21. The smallest absolute Gasteiger partial charge is 0.187 e. The third-order valence-electron chi connectivity index (χ3n) is 7.26. The zero-order chi connectivity index (χ0) is 24.9. The molecule has 186 valence electrons. The maximum atomic E-state index is 12.8. The Labute approximate surface area is 209 Å². The molecule has 0 aliphatic carbocycles. The number of nitrogens with zero attached hydrogens (tertiary/aromatic N) is 5. The molecule has 3 heterocycles. The van der Waals surface area contributed by atoms with Crippen molar-refractivity contribution < 1.29 is 4.79 Å². The van der Waals surface area contributed by atoms with E-state index in [0.29, 0.717) is 12.6 Å². The molecule has 4 rings (SSSR count). The average molecular weight is 474 g/mol. The van der Waals surface area contributed by atoms with Gasteiger partial charge in [-0.2, -0.15) is 0 Å². The van der Waals surface area contributed by atoms with Crippen LogP contribution in [0.3, 0.4) is 0 Å². The van der Waals surface area contributed by atoms with Crippen LogP contribution in [0, 0.1) is 13.8 Å². The number of benzene rings is 1. The molecule has 0 bridgehead atoms. The highest BCUT2D eigenvalue weighted by atomic mass is 16.1.